The summed E-state index contributed by atoms with van der Waals surface area (Å²) in [4.78, 5) is 80.4. The molecule has 2 aromatic carbocycles. The van der Waals surface area contributed by atoms with Gasteiger partial charge in [0.1, 0.15) is 18.8 Å². The van der Waals surface area contributed by atoms with Crippen molar-refractivity contribution in [3.63, 3.8) is 0 Å². The zero-order valence-corrected chi connectivity index (χ0v) is 29.1. The zero-order valence-electron chi connectivity index (χ0n) is 26.7. The molecule has 48 heavy (non-hydrogen) atoms. The minimum Gasteiger partial charge on any atom is -0.466 e. The van der Waals surface area contributed by atoms with E-state index in [1.807, 2.05) is 6.92 Å². The molecule has 5 rings (SSSR count). The van der Waals surface area contributed by atoms with Crippen LogP contribution in [0.5, 0.6) is 0 Å². The Labute approximate surface area is 287 Å². The first-order valence-electron chi connectivity index (χ1n) is 14.0. The lowest BCUT2D eigenvalue weighted by Gasteiger charge is -2.50. The van der Waals surface area contributed by atoms with Crippen molar-refractivity contribution in [1.82, 2.24) is 0 Å². The summed E-state index contributed by atoms with van der Waals surface area (Å²) in [6, 6.07) is 10.6. The Morgan fingerprint density at radius 1 is 0.792 bits per heavy atom. The molecule has 250 valence electrons. The van der Waals surface area contributed by atoms with Crippen molar-refractivity contribution < 1.29 is 47.8 Å². The van der Waals surface area contributed by atoms with Gasteiger partial charge in [-0.2, -0.15) is 0 Å². The van der Waals surface area contributed by atoms with Gasteiger partial charge >= 0.3 is 23.9 Å². The Morgan fingerprint density at radius 2 is 1.35 bits per heavy atom. The number of nitro groups is 1. The average molecular weight is 713 g/mol. The molecule has 0 fully saturated rings. The number of rotatable bonds is 6. The second-order valence-electron chi connectivity index (χ2n) is 11.0. The first-order valence-corrected chi connectivity index (χ1v) is 16.5. The van der Waals surface area contributed by atoms with Gasteiger partial charge in [0.15, 0.2) is 0 Å². The van der Waals surface area contributed by atoms with Crippen LogP contribution in [0.4, 0.5) is 11.4 Å². The van der Waals surface area contributed by atoms with E-state index in [4.69, 9.17) is 18.9 Å². The molecule has 0 N–H and O–H groups in total. The number of hydrogen-bond acceptors (Lipinski definition) is 14. The number of ether oxygens (including phenoxy) is 4. The van der Waals surface area contributed by atoms with Gasteiger partial charge in [-0.05, 0) is 38.5 Å². The van der Waals surface area contributed by atoms with Gasteiger partial charge < -0.3 is 18.9 Å². The summed E-state index contributed by atoms with van der Waals surface area (Å²) >= 11 is 2.53. The highest BCUT2D eigenvalue weighted by atomic mass is 32.2. The smallest absolute Gasteiger partial charge is 0.345 e. The van der Waals surface area contributed by atoms with E-state index >= 15 is 0 Å². The second kappa shape index (κ2) is 12.8. The number of carbonyl (C=O) groups is 5. The van der Waals surface area contributed by atoms with E-state index in [1.54, 1.807) is 32.0 Å². The normalized spacial score (nSPS) is 17.4. The van der Waals surface area contributed by atoms with Gasteiger partial charge in [0, 0.05) is 33.7 Å². The number of carbonyl (C=O) groups excluding carboxylic acids is 5. The Morgan fingerprint density at radius 3 is 1.90 bits per heavy atom. The van der Waals surface area contributed by atoms with Crippen LogP contribution in [0.3, 0.4) is 0 Å². The van der Waals surface area contributed by atoms with E-state index < -0.39 is 44.3 Å². The molecule has 0 aromatic heterocycles. The summed E-state index contributed by atoms with van der Waals surface area (Å²) < 4.78 is 18.6. The predicted octanol–water partition coefficient (Wildman–Crippen LogP) is 5.13. The van der Waals surface area contributed by atoms with Crippen LogP contribution >= 0.6 is 35.3 Å². The van der Waals surface area contributed by atoms with Gasteiger partial charge in [0.25, 0.3) is 11.6 Å². The van der Waals surface area contributed by atoms with Gasteiger partial charge in [-0.15, -0.1) is 0 Å². The number of nitrogens with zero attached hydrogens (tertiary/aromatic N) is 2. The maximum atomic E-state index is 14.5. The summed E-state index contributed by atoms with van der Waals surface area (Å²) in [6.07, 6.45) is 0. The molecule has 0 saturated carbocycles. The molecule has 3 aliphatic rings. The molecule has 0 unspecified atom stereocenters. The van der Waals surface area contributed by atoms with Crippen molar-refractivity contribution in [2.45, 2.75) is 30.4 Å². The zero-order chi connectivity index (χ0) is 35.3. The first-order chi connectivity index (χ1) is 22.7. The summed E-state index contributed by atoms with van der Waals surface area (Å²) in [5.74, 6) is -4.16. The molecule has 0 radical (unpaired) electrons. The third kappa shape index (κ3) is 5.37. The van der Waals surface area contributed by atoms with Crippen LogP contribution in [-0.2, 0) is 38.1 Å². The number of hydrogen-bond donors (Lipinski definition) is 0. The largest absolute Gasteiger partial charge is 0.466 e. The fourth-order valence-electron chi connectivity index (χ4n) is 5.67. The number of benzene rings is 2. The minimum atomic E-state index is -1.73. The van der Waals surface area contributed by atoms with Crippen molar-refractivity contribution in [2.24, 2.45) is 0 Å². The van der Waals surface area contributed by atoms with E-state index in [0.29, 0.717) is 21.7 Å². The molecular weight excluding hydrogens is 685 g/mol. The van der Waals surface area contributed by atoms with E-state index in [1.165, 1.54) is 29.2 Å². The molecule has 0 bridgehead atoms. The molecule has 13 nitrogen and oxygen atoms in total. The third-order valence-corrected chi connectivity index (χ3v) is 12.5. The van der Waals surface area contributed by atoms with Crippen LogP contribution in [0.25, 0.3) is 5.57 Å². The van der Waals surface area contributed by atoms with Crippen LogP contribution in [-0.4, -0.2) is 72.8 Å². The molecule has 1 spiro atoms. The molecule has 3 aliphatic heterocycles. The molecule has 3 heterocycles. The van der Waals surface area contributed by atoms with E-state index in [-0.39, 0.29) is 31.5 Å². The molecule has 16 heteroatoms. The van der Waals surface area contributed by atoms with Crippen molar-refractivity contribution in [1.29, 1.82) is 0 Å². The molecular formula is C32H28N2O11S3. The number of esters is 4. The van der Waals surface area contributed by atoms with E-state index in [2.05, 4.69) is 0 Å². The maximum absolute atomic E-state index is 14.5. The quantitative estimate of drug-likeness (QED) is 0.167. The highest BCUT2D eigenvalue weighted by Crippen LogP contribution is 2.71. The lowest BCUT2D eigenvalue weighted by Crippen LogP contribution is -2.53. The number of nitro benzene ring substituents is 1. The summed E-state index contributed by atoms with van der Waals surface area (Å²) in [7, 11) is 4.54. The number of methoxy groups -OCH3 is 4. The van der Waals surface area contributed by atoms with Gasteiger partial charge in [0.2, 0.25) is 0 Å². The van der Waals surface area contributed by atoms with E-state index in [0.717, 1.165) is 69.3 Å². The number of non-ortho nitro benzene ring substituents is 1. The molecule has 2 aromatic rings. The average Bonchev–Trinajstić information content (AvgIpc) is 3.46. The number of anilines is 1. The van der Waals surface area contributed by atoms with Crippen LogP contribution in [0, 0.1) is 17.0 Å². The standard InChI is InChI=1S/C32H28N2O11S3/c1-15-11-12-18-19(13-15)33(26(35)16-9-8-10-17(14-16)34(40)41)31(2,3)25-20(18)32(21(27(36)42-4)22(46-25)28(37)43-5)47-23(29(38)44-6)24(48-32)30(39)45-7/h8-14H,1-7H3. The van der Waals surface area contributed by atoms with Gasteiger partial charge in [-0.1, -0.05) is 53.5 Å². The Kier molecular flexibility index (Phi) is 9.29. The van der Waals surface area contributed by atoms with Crippen molar-refractivity contribution in [3.8, 4) is 0 Å². The van der Waals surface area contributed by atoms with Crippen LogP contribution < -0.4 is 4.90 Å². The predicted molar refractivity (Wildman–Crippen MR) is 180 cm³/mol. The lowest BCUT2D eigenvalue weighted by atomic mass is 9.82. The first kappa shape index (κ1) is 34.8. The lowest BCUT2D eigenvalue weighted by molar-refractivity contribution is -0.384. The Bertz CT molecular complexity index is 1900. The number of fused-ring (bicyclic) bond motifs is 3. The summed E-state index contributed by atoms with van der Waals surface area (Å²) in [5, 5.41) is 11.6. The van der Waals surface area contributed by atoms with Crippen molar-refractivity contribution in [2.75, 3.05) is 33.3 Å². The number of thioether (sulfide) groups is 3. The monoisotopic (exact) mass is 712 g/mol. The van der Waals surface area contributed by atoms with Crippen LogP contribution in [0.2, 0.25) is 0 Å². The van der Waals surface area contributed by atoms with Gasteiger partial charge in [0.05, 0.1) is 50.2 Å². The van der Waals surface area contributed by atoms with Crippen LogP contribution in [0.1, 0.15) is 35.3 Å². The molecule has 0 saturated heterocycles. The highest BCUT2D eigenvalue weighted by molar-refractivity contribution is 8.26. The number of aryl methyl sites for hydroxylation is 1. The minimum absolute atomic E-state index is 0.0375. The Hall–Kier alpha value is -4.54. The molecule has 0 aliphatic carbocycles. The molecule has 1 amide bonds. The molecule has 0 atom stereocenters. The van der Waals surface area contributed by atoms with Gasteiger partial charge in [-0.25, -0.2) is 19.2 Å². The third-order valence-electron chi connectivity index (χ3n) is 7.80. The fourth-order valence-corrected chi connectivity index (χ4v) is 10.7. The SMILES string of the molecule is COC(=O)C1=C(C(=O)OC)SC2(S1)C(C(=O)OC)=C(C(=O)OC)SC1=C2c2ccc(C)cc2N(C(=O)c2cccc([N+](=O)[O-])c2)C1(C)C. The Balaban J connectivity index is 1.88. The van der Waals surface area contributed by atoms with Crippen LogP contribution in [0.15, 0.2) is 67.7 Å². The number of amides is 1. The summed E-state index contributed by atoms with van der Waals surface area (Å²) in [5.41, 5.74) is 0.246. The fraction of sp³-hybridized carbons (Fsp3) is 0.281. The van der Waals surface area contributed by atoms with Gasteiger partial charge in [-0.3, -0.25) is 19.8 Å². The topological polar surface area (TPSA) is 169 Å². The van der Waals surface area contributed by atoms with Crippen molar-refractivity contribution >= 4 is 82.0 Å². The maximum Gasteiger partial charge on any atom is 0.345 e. The van der Waals surface area contributed by atoms with E-state index in [9.17, 15) is 34.1 Å². The summed E-state index contributed by atoms with van der Waals surface area (Å²) in [6.45, 7) is 5.27. The van der Waals surface area contributed by atoms with Crippen molar-refractivity contribution in [3.05, 3.63) is 94.5 Å². The second-order valence-corrected chi connectivity index (χ2v) is 14.7. The highest BCUT2D eigenvalue weighted by Gasteiger charge is 2.61.